The zero-order valence-corrected chi connectivity index (χ0v) is 6.36. The zero-order valence-electron chi connectivity index (χ0n) is 6.36. The monoisotopic (exact) mass is 168 g/mol. The highest BCUT2D eigenvalue weighted by molar-refractivity contribution is 5.92. The molecule has 0 atom stereocenters. The van der Waals surface area contributed by atoms with Crippen molar-refractivity contribution in [3.63, 3.8) is 0 Å². The third-order valence-corrected chi connectivity index (χ3v) is 0.754. The largest absolute Gasteiger partial charge is 0.432 e. The van der Waals surface area contributed by atoms with Crippen LogP contribution in [0.1, 0.15) is 0 Å². The van der Waals surface area contributed by atoms with Crippen LogP contribution in [0.15, 0.2) is 37.8 Å². The van der Waals surface area contributed by atoms with Crippen molar-refractivity contribution in [1.82, 2.24) is 0 Å². The van der Waals surface area contributed by atoms with Gasteiger partial charge in [-0.05, 0) is 0 Å². The Hall–Kier alpha value is -1.84. The number of carbonyl (C=O) groups excluding carboxylic acids is 2. The maximum atomic E-state index is 10.5. The van der Waals surface area contributed by atoms with E-state index >= 15 is 0 Å². The van der Waals surface area contributed by atoms with Crippen molar-refractivity contribution >= 4 is 11.9 Å². The second kappa shape index (κ2) is 5.91. The fourth-order valence-electron chi connectivity index (χ4n) is 0.379. The van der Waals surface area contributed by atoms with Gasteiger partial charge in [0.1, 0.15) is 0 Å². The van der Waals surface area contributed by atoms with Crippen LogP contribution in [-0.4, -0.2) is 11.9 Å². The molecule has 0 bridgehead atoms. The van der Waals surface area contributed by atoms with Crippen molar-refractivity contribution in [3.05, 3.63) is 37.8 Å². The molecule has 0 unspecified atom stereocenters. The van der Waals surface area contributed by atoms with Crippen LogP contribution in [0.2, 0.25) is 0 Å². The molecule has 0 heterocycles. The van der Waals surface area contributed by atoms with Crippen molar-refractivity contribution < 1.29 is 19.1 Å². The molecule has 0 aliphatic carbocycles. The second-order valence-corrected chi connectivity index (χ2v) is 1.54. The van der Waals surface area contributed by atoms with Gasteiger partial charge < -0.3 is 9.47 Å². The summed E-state index contributed by atoms with van der Waals surface area (Å²) in [5, 5.41) is 0. The summed E-state index contributed by atoms with van der Waals surface area (Å²) in [6.45, 7) is 6.31. The Labute approximate surface area is 69.8 Å². The predicted molar refractivity (Wildman–Crippen MR) is 41.7 cm³/mol. The molecule has 0 spiro atoms. The highest BCUT2D eigenvalue weighted by Crippen LogP contribution is 1.85. The van der Waals surface area contributed by atoms with Crippen LogP contribution >= 0.6 is 0 Å². The SMILES string of the molecule is C=COC(=O)C=CC(=O)OC=C. The third-order valence-electron chi connectivity index (χ3n) is 0.754. The summed E-state index contributed by atoms with van der Waals surface area (Å²) >= 11 is 0. The van der Waals surface area contributed by atoms with Gasteiger partial charge >= 0.3 is 11.9 Å². The number of hydrogen-bond donors (Lipinski definition) is 0. The zero-order chi connectivity index (χ0) is 9.40. The van der Waals surface area contributed by atoms with Gasteiger partial charge in [-0.2, -0.15) is 0 Å². The van der Waals surface area contributed by atoms with E-state index in [2.05, 4.69) is 22.6 Å². The molecule has 0 aromatic carbocycles. The lowest BCUT2D eigenvalue weighted by Gasteiger charge is -1.90. The molecule has 0 fully saturated rings. The summed E-state index contributed by atoms with van der Waals surface area (Å²) < 4.78 is 8.55. The van der Waals surface area contributed by atoms with Crippen molar-refractivity contribution in [3.8, 4) is 0 Å². The van der Waals surface area contributed by atoms with Gasteiger partial charge in [-0.1, -0.05) is 13.2 Å². The number of rotatable bonds is 4. The van der Waals surface area contributed by atoms with Crippen LogP contribution in [0.5, 0.6) is 0 Å². The molecule has 0 rings (SSSR count). The molecule has 4 heteroatoms. The van der Waals surface area contributed by atoms with E-state index in [1.807, 2.05) is 0 Å². The van der Waals surface area contributed by atoms with Crippen molar-refractivity contribution in [2.75, 3.05) is 0 Å². The molecule has 0 N–H and O–H groups in total. The van der Waals surface area contributed by atoms with E-state index in [4.69, 9.17) is 0 Å². The molecule has 64 valence electrons. The number of esters is 2. The van der Waals surface area contributed by atoms with Crippen molar-refractivity contribution in [2.24, 2.45) is 0 Å². The van der Waals surface area contributed by atoms with E-state index in [0.717, 1.165) is 24.7 Å². The van der Waals surface area contributed by atoms with Gasteiger partial charge in [0.05, 0.1) is 12.5 Å². The quantitative estimate of drug-likeness (QED) is 0.355. The topological polar surface area (TPSA) is 52.6 Å². The lowest BCUT2D eigenvalue weighted by Crippen LogP contribution is -1.98. The molecular weight excluding hydrogens is 160 g/mol. The third kappa shape index (κ3) is 4.99. The van der Waals surface area contributed by atoms with Crippen LogP contribution in [0.3, 0.4) is 0 Å². The summed E-state index contributed by atoms with van der Waals surface area (Å²) in [5.41, 5.74) is 0. The number of ether oxygens (including phenoxy) is 2. The molecule has 0 saturated heterocycles. The van der Waals surface area contributed by atoms with Crippen LogP contribution in [0, 0.1) is 0 Å². The minimum atomic E-state index is -0.689. The summed E-state index contributed by atoms with van der Waals surface area (Å²) in [6, 6.07) is 0. The molecule has 0 aliphatic heterocycles. The van der Waals surface area contributed by atoms with Gasteiger partial charge in [0.2, 0.25) is 0 Å². The van der Waals surface area contributed by atoms with E-state index in [0.29, 0.717) is 0 Å². The first-order valence-corrected chi connectivity index (χ1v) is 3.02. The van der Waals surface area contributed by atoms with Crippen LogP contribution in [0.25, 0.3) is 0 Å². The molecule has 0 radical (unpaired) electrons. The molecular formula is C8H8O4. The van der Waals surface area contributed by atoms with Crippen LogP contribution < -0.4 is 0 Å². The van der Waals surface area contributed by atoms with Crippen molar-refractivity contribution in [2.45, 2.75) is 0 Å². The van der Waals surface area contributed by atoms with Crippen LogP contribution in [-0.2, 0) is 19.1 Å². The van der Waals surface area contributed by atoms with Gasteiger partial charge in [-0.25, -0.2) is 9.59 Å². The first-order chi connectivity index (χ1) is 5.70. The fourth-order valence-corrected chi connectivity index (χ4v) is 0.379. The van der Waals surface area contributed by atoms with E-state index in [1.165, 1.54) is 0 Å². The van der Waals surface area contributed by atoms with Gasteiger partial charge in [-0.15, -0.1) is 0 Å². The molecule has 0 saturated carbocycles. The molecule has 0 amide bonds. The Morgan fingerprint density at radius 3 is 1.50 bits per heavy atom. The fraction of sp³-hybridized carbons (Fsp3) is 0. The van der Waals surface area contributed by atoms with Gasteiger partial charge in [0.25, 0.3) is 0 Å². The Morgan fingerprint density at radius 1 is 0.917 bits per heavy atom. The summed E-state index contributed by atoms with van der Waals surface area (Å²) in [6.07, 6.45) is 3.78. The van der Waals surface area contributed by atoms with Gasteiger partial charge in [0.15, 0.2) is 0 Å². The van der Waals surface area contributed by atoms with Crippen molar-refractivity contribution in [1.29, 1.82) is 0 Å². The minimum Gasteiger partial charge on any atom is -0.432 e. The average Bonchev–Trinajstić information content (AvgIpc) is 2.02. The molecule has 12 heavy (non-hydrogen) atoms. The minimum absolute atomic E-state index is 0.689. The molecule has 4 nitrogen and oxygen atoms in total. The Balaban J connectivity index is 3.88. The van der Waals surface area contributed by atoms with E-state index in [-0.39, 0.29) is 0 Å². The Bertz CT molecular complexity index is 203. The summed E-state index contributed by atoms with van der Waals surface area (Å²) in [4.78, 5) is 21.1. The summed E-state index contributed by atoms with van der Waals surface area (Å²) in [7, 11) is 0. The van der Waals surface area contributed by atoms with E-state index in [1.54, 1.807) is 0 Å². The standard InChI is InChI=1S/C8H8O4/c1-3-11-7(9)5-6-8(10)12-4-2/h3-6H,1-2H2. The summed E-state index contributed by atoms with van der Waals surface area (Å²) in [5.74, 6) is -1.38. The smallest absolute Gasteiger partial charge is 0.335 e. The highest BCUT2D eigenvalue weighted by atomic mass is 16.5. The second-order valence-electron chi connectivity index (χ2n) is 1.54. The van der Waals surface area contributed by atoms with Gasteiger partial charge in [-0.3, -0.25) is 0 Å². The maximum Gasteiger partial charge on any atom is 0.335 e. The molecule has 0 aromatic heterocycles. The molecule has 0 aliphatic rings. The van der Waals surface area contributed by atoms with Crippen LogP contribution in [0.4, 0.5) is 0 Å². The lowest BCUT2D eigenvalue weighted by molar-refractivity contribution is -0.135. The average molecular weight is 168 g/mol. The number of hydrogen-bond acceptors (Lipinski definition) is 4. The Kier molecular flexibility index (Phi) is 5.00. The normalized spacial score (nSPS) is 9.00. The predicted octanol–water partition coefficient (Wildman–Crippen LogP) is 0.916. The lowest BCUT2D eigenvalue weighted by atomic mass is 10.5. The van der Waals surface area contributed by atoms with E-state index < -0.39 is 11.9 Å². The first-order valence-electron chi connectivity index (χ1n) is 3.02. The maximum absolute atomic E-state index is 10.5. The Morgan fingerprint density at radius 2 is 1.25 bits per heavy atom. The number of carbonyl (C=O) groups is 2. The highest BCUT2D eigenvalue weighted by Gasteiger charge is 1.96. The first kappa shape index (κ1) is 10.2. The van der Waals surface area contributed by atoms with E-state index in [9.17, 15) is 9.59 Å². The van der Waals surface area contributed by atoms with Gasteiger partial charge in [0, 0.05) is 12.2 Å². The molecule has 0 aromatic rings.